The second kappa shape index (κ2) is 10.9. The number of anilines is 1. The minimum atomic E-state index is -0.891. The van der Waals surface area contributed by atoms with E-state index in [-0.39, 0.29) is 6.04 Å². The molecule has 1 saturated carbocycles. The zero-order valence-electron chi connectivity index (χ0n) is 21.0. The Labute approximate surface area is 231 Å². The van der Waals surface area contributed by atoms with E-state index in [0.29, 0.717) is 47.2 Å². The largest absolute Gasteiger partial charge is 0.390 e. The van der Waals surface area contributed by atoms with Crippen LogP contribution in [0.1, 0.15) is 35.8 Å². The Morgan fingerprint density at radius 1 is 0.897 bits per heavy atom. The predicted octanol–water partition coefficient (Wildman–Crippen LogP) is 5.22. The molecule has 0 radical (unpaired) electrons. The number of halogens is 1. The lowest BCUT2D eigenvalue weighted by Crippen LogP contribution is -2.27. The van der Waals surface area contributed by atoms with Crippen LogP contribution in [0.25, 0.3) is 22.3 Å². The number of aliphatic hydroxyl groups is 2. The minimum absolute atomic E-state index is 0.327. The van der Waals surface area contributed by atoms with Crippen LogP contribution >= 0.6 is 11.6 Å². The van der Waals surface area contributed by atoms with Crippen LogP contribution in [-0.2, 0) is 6.54 Å². The zero-order chi connectivity index (χ0) is 26.8. The molecule has 3 N–H and O–H groups in total. The molecule has 1 aliphatic rings. The number of imidazole rings is 1. The van der Waals surface area contributed by atoms with E-state index in [1.54, 1.807) is 6.33 Å². The average molecular weight is 536 g/mol. The van der Waals surface area contributed by atoms with Crippen molar-refractivity contribution in [1.29, 1.82) is 0 Å². The summed E-state index contributed by atoms with van der Waals surface area (Å²) in [4.78, 5) is 13.9. The molecule has 8 heteroatoms. The summed E-state index contributed by atoms with van der Waals surface area (Å²) in [6.07, 6.45) is 1.13. The topological polar surface area (TPSA) is 96.1 Å². The zero-order valence-corrected chi connectivity index (χ0v) is 21.8. The van der Waals surface area contributed by atoms with E-state index in [9.17, 15) is 10.2 Å². The van der Waals surface area contributed by atoms with E-state index >= 15 is 0 Å². The van der Waals surface area contributed by atoms with Gasteiger partial charge in [0.15, 0.2) is 17.0 Å². The van der Waals surface area contributed by atoms with Gasteiger partial charge < -0.3 is 20.1 Å². The van der Waals surface area contributed by atoms with Crippen LogP contribution in [0.5, 0.6) is 0 Å². The van der Waals surface area contributed by atoms with Gasteiger partial charge in [-0.15, -0.1) is 0 Å². The highest BCUT2D eigenvalue weighted by Gasteiger charge is 2.35. The molecule has 7 nitrogen and oxygen atoms in total. The number of fused-ring (bicyclic) bond motifs is 1. The van der Waals surface area contributed by atoms with Gasteiger partial charge in [0.25, 0.3) is 0 Å². The Balaban J connectivity index is 1.34. The molecule has 5 aromatic rings. The summed E-state index contributed by atoms with van der Waals surface area (Å²) in [7, 11) is 0. The first kappa shape index (κ1) is 25.1. The number of nitrogens with one attached hydrogen (secondary N) is 1. The van der Waals surface area contributed by atoms with Crippen LogP contribution in [0.4, 0.5) is 5.82 Å². The van der Waals surface area contributed by atoms with E-state index in [0.717, 1.165) is 22.3 Å². The van der Waals surface area contributed by atoms with Gasteiger partial charge in [0.1, 0.15) is 6.10 Å². The summed E-state index contributed by atoms with van der Waals surface area (Å²) in [5.41, 5.74) is 5.23. The Hall–Kier alpha value is -4.22. The van der Waals surface area contributed by atoms with E-state index < -0.39 is 12.2 Å². The van der Waals surface area contributed by atoms with Gasteiger partial charge in [0.2, 0.25) is 5.82 Å². The van der Waals surface area contributed by atoms with Crippen LogP contribution in [0.2, 0.25) is 5.02 Å². The lowest BCUT2D eigenvalue weighted by Gasteiger charge is -2.18. The number of hydrogen-bond donors (Lipinski definition) is 3. The molecular weight excluding hydrogens is 510 g/mol. The SMILES string of the molecule is OC1CC[C@@H](n2cnc3c(NCc4cccc(Cl)c4)nc(C#Cc4ccc(-c5ccccc5)cc4)nc32)[C@@H]1O. The molecule has 0 bridgehead atoms. The smallest absolute Gasteiger partial charge is 0.209 e. The maximum absolute atomic E-state index is 10.6. The van der Waals surface area contributed by atoms with Gasteiger partial charge in [-0.3, -0.25) is 0 Å². The summed E-state index contributed by atoms with van der Waals surface area (Å²) >= 11 is 6.16. The van der Waals surface area contributed by atoms with Crippen molar-refractivity contribution in [3.63, 3.8) is 0 Å². The Morgan fingerprint density at radius 3 is 2.44 bits per heavy atom. The fraction of sp³-hybridized carbons (Fsp3) is 0.194. The Kier molecular flexibility index (Phi) is 6.99. The molecule has 2 aromatic heterocycles. The van der Waals surface area contributed by atoms with E-state index in [1.165, 1.54) is 0 Å². The van der Waals surface area contributed by atoms with Gasteiger partial charge in [-0.25, -0.2) is 15.0 Å². The third kappa shape index (κ3) is 5.36. The maximum atomic E-state index is 10.6. The number of rotatable bonds is 5. The van der Waals surface area contributed by atoms with E-state index in [1.807, 2.05) is 71.3 Å². The van der Waals surface area contributed by atoms with Crippen molar-refractivity contribution < 1.29 is 10.2 Å². The molecule has 6 rings (SSSR count). The molecule has 194 valence electrons. The van der Waals surface area contributed by atoms with Crippen LogP contribution in [-0.4, -0.2) is 41.9 Å². The van der Waals surface area contributed by atoms with Crippen molar-refractivity contribution in [2.75, 3.05) is 5.32 Å². The van der Waals surface area contributed by atoms with Gasteiger partial charge >= 0.3 is 0 Å². The lowest BCUT2D eigenvalue weighted by molar-refractivity contribution is 0.0241. The van der Waals surface area contributed by atoms with Crippen LogP contribution < -0.4 is 5.32 Å². The highest BCUT2D eigenvalue weighted by Crippen LogP contribution is 2.33. The molecule has 0 amide bonds. The third-order valence-electron chi connectivity index (χ3n) is 6.99. The molecular formula is C31H26ClN5O2. The highest BCUT2D eigenvalue weighted by molar-refractivity contribution is 6.30. The lowest BCUT2D eigenvalue weighted by atomic mass is 10.0. The third-order valence-corrected chi connectivity index (χ3v) is 7.22. The molecule has 39 heavy (non-hydrogen) atoms. The number of benzene rings is 3. The van der Waals surface area contributed by atoms with Gasteiger partial charge in [-0.1, -0.05) is 72.1 Å². The summed E-state index contributed by atoms with van der Waals surface area (Å²) in [6.45, 7) is 0.484. The van der Waals surface area contributed by atoms with Crippen LogP contribution in [0.3, 0.4) is 0 Å². The fourth-order valence-electron chi connectivity index (χ4n) is 4.92. The summed E-state index contributed by atoms with van der Waals surface area (Å²) in [5.74, 6) is 7.14. The molecule has 3 atom stereocenters. The molecule has 3 aromatic carbocycles. The number of nitrogens with zero attached hydrogens (tertiary/aromatic N) is 4. The first-order chi connectivity index (χ1) is 19.0. The fourth-order valence-corrected chi connectivity index (χ4v) is 5.13. The first-order valence-electron chi connectivity index (χ1n) is 12.8. The Morgan fingerprint density at radius 2 is 1.69 bits per heavy atom. The second-order valence-electron chi connectivity index (χ2n) is 9.60. The average Bonchev–Trinajstić information content (AvgIpc) is 3.53. The molecule has 1 fully saturated rings. The number of aliphatic hydroxyl groups excluding tert-OH is 2. The molecule has 1 unspecified atom stereocenters. The molecule has 2 heterocycles. The first-order valence-corrected chi connectivity index (χ1v) is 13.2. The molecule has 0 saturated heterocycles. The van der Waals surface area contributed by atoms with Crippen molar-refractivity contribution in [1.82, 2.24) is 19.5 Å². The van der Waals surface area contributed by atoms with Crippen molar-refractivity contribution in [3.8, 4) is 23.0 Å². The van der Waals surface area contributed by atoms with Gasteiger partial charge in [-0.2, -0.15) is 0 Å². The van der Waals surface area contributed by atoms with Crippen molar-refractivity contribution in [2.45, 2.75) is 37.6 Å². The standard InChI is InChI=1S/C31H26ClN5O2/c32-24-8-4-5-21(17-24)18-33-30-28-31(37(19-34-28)25-14-15-26(38)29(25)39)36-27(35-30)16-11-20-9-12-23(13-10-20)22-6-2-1-3-7-22/h1-10,12-13,17,19,25-26,29,38-39H,14-15,18H2,(H,33,35,36)/t25-,26?,29+/m1/s1. The molecule has 1 aliphatic carbocycles. The summed E-state index contributed by atoms with van der Waals surface area (Å²) in [6, 6.07) is 25.5. The quantitative estimate of drug-likeness (QED) is 0.267. The van der Waals surface area contributed by atoms with Crippen molar-refractivity contribution in [3.05, 3.63) is 107 Å². The van der Waals surface area contributed by atoms with Gasteiger partial charge in [0.05, 0.1) is 18.5 Å². The van der Waals surface area contributed by atoms with Crippen molar-refractivity contribution >= 4 is 28.6 Å². The summed E-state index contributed by atoms with van der Waals surface area (Å²) < 4.78 is 1.82. The number of aromatic nitrogens is 4. The highest BCUT2D eigenvalue weighted by atomic mass is 35.5. The van der Waals surface area contributed by atoms with Crippen LogP contribution in [0.15, 0.2) is 85.2 Å². The maximum Gasteiger partial charge on any atom is 0.209 e. The predicted molar refractivity (Wildman–Crippen MR) is 152 cm³/mol. The number of hydrogen-bond acceptors (Lipinski definition) is 6. The minimum Gasteiger partial charge on any atom is -0.390 e. The van der Waals surface area contributed by atoms with Gasteiger partial charge in [0, 0.05) is 17.1 Å². The van der Waals surface area contributed by atoms with E-state index in [2.05, 4.69) is 39.3 Å². The monoisotopic (exact) mass is 535 g/mol. The second-order valence-corrected chi connectivity index (χ2v) is 10.0. The van der Waals surface area contributed by atoms with E-state index in [4.69, 9.17) is 16.6 Å². The molecule has 0 aliphatic heterocycles. The van der Waals surface area contributed by atoms with Crippen LogP contribution in [0, 0.1) is 11.8 Å². The normalized spacial score (nSPS) is 18.6. The van der Waals surface area contributed by atoms with Crippen molar-refractivity contribution in [2.24, 2.45) is 0 Å². The summed E-state index contributed by atoms with van der Waals surface area (Å²) in [5, 5.41) is 24.7. The van der Waals surface area contributed by atoms with Gasteiger partial charge in [-0.05, 0) is 59.7 Å². The molecule has 0 spiro atoms. The Bertz CT molecular complexity index is 1670.